The average molecular weight is 343 g/mol. The molecule has 2 heterocycles. The van der Waals surface area contributed by atoms with E-state index in [1.807, 2.05) is 55.6 Å². The van der Waals surface area contributed by atoms with Crippen LogP contribution in [0.1, 0.15) is 35.9 Å². The van der Waals surface area contributed by atoms with Gasteiger partial charge in [-0.2, -0.15) is 5.10 Å². The number of hydrogen-bond acceptors (Lipinski definition) is 4. The van der Waals surface area contributed by atoms with Crippen molar-refractivity contribution in [2.45, 2.75) is 40.2 Å². The zero-order valence-corrected chi connectivity index (χ0v) is 15.3. The SMILES string of the molecule is CCN(Cc1ccc2c(c1)OCO2)C(=O)CCc1c(C)nn(C)c1C. The van der Waals surface area contributed by atoms with Gasteiger partial charge in [-0.3, -0.25) is 9.48 Å². The topological polar surface area (TPSA) is 56.6 Å². The van der Waals surface area contributed by atoms with Crippen molar-refractivity contribution in [3.05, 3.63) is 40.7 Å². The molecule has 0 N–H and O–H groups in total. The van der Waals surface area contributed by atoms with E-state index < -0.39 is 0 Å². The minimum atomic E-state index is 0.155. The number of hydrogen-bond donors (Lipinski definition) is 0. The first-order valence-electron chi connectivity index (χ1n) is 8.65. The summed E-state index contributed by atoms with van der Waals surface area (Å²) in [7, 11) is 1.94. The highest BCUT2D eigenvalue weighted by atomic mass is 16.7. The molecule has 25 heavy (non-hydrogen) atoms. The van der Waals surface area contributed by atoms with E-state index in [9.17, 15) is 4.79 Å². The molecule has 0 saturated carbocycles. The molecule has 1 aliphatic rings. The van der Waals surface area contributed by atoms with Gasteiger partial charge in [-0.15, -0.1) is 0 Å². The predicted molar refractivity (Wildman–Crippen MR) is 94.7 cm³/mol. The van der Waals surface area contributed by atoms with E-state index in [-0.39, 0.29) is 12.7 Å². The van der Waals surface area contributed by atoms with E-state index in [1.165, 1.54) is 5.56 Å². The van der Waals surface area contributed by atoms with Crippen molar-refractivity contribution in [3.63, 3.8) is 0 Å². The molecule has 0 unspecified atom stereocenters. The molecule has 1 aromatic carbocycles. The summed E-state index contributed by atoms with van der Waals surface area (Å²) in [6, 6.07) is 5.84. The van der Waals surface area contributed by atoms with E-state index >= 15 is 0 Å². The number of aromatic nitrogens is 2. The molecule has 0 atom stereocenters. The number of rotatable bonds is 6. The molecule has 0 radical (unpaired) electrons. The molecule has 0 fully saturated rings. The van der Waals surface area contributed by atoms with E-state index in [0.29, 0.717) is 19.5 Å². The normalized spacial score (nSPS) is 12.5. The standard InChI is InChI=1S/C19H25N3O3/c1-5-22(11-15-6-8-17-18(10-15)25-12-24-17)19(23)9-7-16-13(2)20-21(4)14(16)3/h6,8,10H,5,7,9,11-12H2,1-4H3. The summed E-state index contributed by atoms with van der Waals surface area (Å²) in [5.41, 5.74) is 4.36. The van der Waals surface area contributed by atoms with Gasteiger partial charge >= 0.3 is 0 Å². The maximum Gasteiger partial charge on any atom is 0.231 e. The Balaban J connectivity index is 1.63. The molecule has 134 valence electrons. The Morgan fingerprint density at radius 2 is 2.04 bits per heavy atom. The second-order valence-corrected chi connectivity index (χ2v) is 6.37. The van der Waals surface area contributed by atoms with Crippen LogP contribution in [0.5, 0.6) is 11.5 Å². The number of aryl methyl sites for hydroxylation is 2. The van der Waals surface area contributed by atoms with Gasteiger partial charge in [0.1, 0.15) is 0 Å². The summed E-state index contributed by atoms with van der Waals surface area (Å²) < 4.78 is 12.6. The van der Waals surface area contributed by atoms with Crippen molar-refractivity contribution < 1.29 is 14.3 Å². The fraction of sp³-hybridized carbons (Fsp3) is 0.474. The lowest BCUT2D eigenvalue weighted by atomic mass is 10.1. The van der Waals surface area contributed by atoms with Crippen LogP contribution in [0.15, 0.2) is 18.2 Å². The van der Waals surface area contributed by atoms with Crippen LogP contribution in [-0.4, -0.2) is 33.9 Å². The van der Waals surface area contributed by atoms with Crippen LogP contribution in [0.3, 0.4) is 0 Å². The van der Waals surface area contributed by atoms with E-state index in [4.69, 9.17) is 9.47 Å². The van der Waals surface area contributed by atoms with Crippen molar-refractivity contribution in [1.29, 1.82) is 0 Å². The van der Waals surface area contributed by atoms with Gasteiger partial charge in [0.15, 0.2) is 11.5 Å². The first kappa shape index (κ1) is 17.3. The summed E-state index contributed by atoms with van der Waals surface area (Å²) in [6.45, 7) is 7.57. The molecule has 0 saturated heterocycles. The van der Waals surface area contributed by atoms with Crippen LogP contribution in [0.4, 0.5) is 0 Å². The number of nitrogens with zero attached hydrogens (tertiary/aromatic N) is 3. The van der Waals surface area contributed by atoms with E-state index in [2.05, 4.69) is 5.10 Å². The summed E-state index contributed by atoms with van der Waals surface area (Å²) in [4.78, 5) is 14.5. The van der Waals surface area contributed by atoms with Crippen LogP contribution in [0.25, 0.3) is 0 Å². The Kier molecular flexibility index (Phi) is 4.97. The minimum Gasteiger partial charge on any atom is -0.454 e. The Labute approximate surface area is 148 Å². The molecule has 2 aromatic rings. The maximum atomic E-state index is 12.7. The molecule has 1 amide bonds. The third-order valence-corrected chi connectivity index (χ3v) is 4.79. The number of carbonyl (C=O) groups excluding carboxylic acids is 1. The fourth-order valence-corrected chi connectivity index (χ4v) is 3.21. The van der Waals surface area contributed by atoms with Gasteiger partial charge in [0, 0.05) is 32.3 Å². The van der Waals surface area contributed by atoms with E-state index in [1.54, 1.807) is 0 Å². The van der Waals surface area contributed by atoms with E-state index in [0.717, 1.165) is 34.9 Å². The van der Waals surface area contributed by atoms with Gasteiger partial charge < -0.3 is 14.4 Å². The van der Waals surface area contributed by atoms with Crippen molar-refractivity contribution in [3.8, 4) is 11.5 Å². The van der Waals surface area contributed by atoms with Gasteiger partial charge in [-0.1, -0.05) is 6.07 Å². The molecular formula is C19H25N3O3. The predicted octanol–water partition coefficient (Wildman–Crippen LogP) is 2.75. The first-order chi connectivity index (χ1) is 12.0. The highest BCUT2D eigenvalue weighted by Gasteiger charge is 2.18. The Morgan fingerprint density at radius 3 is 2.72 bits per heavy atom. The molecule has 1 aliphatic heterocycles. The van der Waals surface area contributed by atoms with Crippen LogP contribution >= 0.6 is 0 Å². The summed E-state index contributed by atoms with van der Waals surface area (Å²) >= 11 is 0. The lowest BCUT2D eigenvalue weighted by Gasteiger charge is -2.21. The number of carbonyl (C=O) groups is 1. The number of amides is 1. The maximum absolute atomic E-state index is 12.7. The quantitative estimate of drug-likeness (QED) is 0.809. The Bertz CT molecular complexity index is 782. The monoisotopic (exact) mass is 343 g/mol. The van der Waals surface area contributed by atoms with Crippen molar-refractivity contribution >= 4 is 5.91 Å². The fourth-order valence-electron chi connectivity index (χ4n) is 3.21. The minimum absolute atomic E-state index is 0.155. The zero-order chi connectivity index (χ0) is 18.0. The second-order valence-electron chi connectivity index (χ2n) is 6.37. The van der Waals surface area contributed by atoms with Crippen molar-refractivity contribution in [2.24, 2.45) is 7.05 Å². The van der Waals surface area contributed by atoms with Crippen molar-refractivity contribution in [1.82, 2.24) is 14.7 Å². The second kappa shape index (κ2) is 7.17. The molecule has 0 bridgehead atoms. The Morgan fingerprint density at radius 1 is 1.28 bits per heavy atom. The van der Waals surface area contributed by atoms with Gasteiger partial charge in [0.05, 0.1) is 5.69 Å². The Hall–Kier alpha value is -2.50. The lowest BCUT2D eigenvalue weighted by Crippen LogP contribution is -2.30. The lowest BCUT2D eigenvalue weighted by molar-refractivity contribution is -0.131. The van der Waals surface area contributed by atoms with Crippen molar-refractivity contribution in [2.75, 3.05) is 13.3 Å². The molecule has 3 rings (SSSR count). The molecule has 1 aromatic heterocycles. The number of ether oxygens (including phenoxy) is 2. The molecule has 6 heteroatoms. The van der Waals surface area contributed by atoms with Gasteiger partial charge in [-0.05, 0) is 50.5 Å². The first-order valence-corrected chi connectivity index (χ1v) is 8.65. The van der Waals surface area contributed by atoms with Gasteiger partial charge in [0.25, 0.3) is 0 Å². The summed E-state index contributed by atoms with van der Waals surface area (Å²) in [6.07, 6.45) is 1.22. The van der Waals surface area contributed by atoms with Crippen LogP contribution in [-0.2, 0) is 24.8 Å². The average Bonchev–Trinajstić information content (AvgIpc) is 3.15. The molecule has 0 spiro atoms. The largest absolute Gasteiger partial charge is 0.454 e. The van der Waals surface area contributed by atoms with Gasteiger partial charge in [0.2, 0.25) is 12.7 Å². The zero-order valence-electron chi connectivity index (χ0n) is 15.3. The third kappa shape index (κ3) is 3.62. The molecular weight excluding hydrogens is 318 g/mol. The molecule has 6 nitrogen and oxygen atoms in total. The highest BCUT2D eigenvalue weighted by Crippen LogP contribution is 2.32. The third-order valence-electron chi connectivity index (χ3n) is 4.79. The van der Waals surface area contributed by atoms with Crippen LogP contribution < -0.4 is 9.47 Å². The van der Waals surface area contributed by atoms with Crippen LogP contribution in [0, 0.1) is 13.8 Å². The smallest absolute Gasteiger partial charge is 0.231 e. The number of fused-ring (bicyclic) bond motifs is 1. The summed E-state index contributed by atoms with van der Waals surface area (Å²) in [5.74, 6) is 1.67. The van der Waals surface area contributed by atoms with Gasteiger partial charge in [-0.25, -0.2) is 0 Å². The molecule has 0 aliphatic carbocycles. The number of benzene rings is 1. The summed E-state index contributed by atoms with van der Waals surface area (Å²) in [5, 5.41) is 4.42. The van der Waals surface area contributed by atoms with Crippen LogP contribution in [0.2, 0.25) is 0 Å². The highest BCUT2D eigenvalue weighted by molar-refractivity contribution is 5.76.